The zero-order valence-corrected chi connectivity index (χ0v) is 19.8. The highest BCUT2D eigenvalue weighted by Crippen LogP contribution is 2.39. The lowest BCUT2D eigenvalue weighted by atomic mass is 9.93. The van der Waals surface area contributed by atoms with E-state index >= 15 is 0 Å². The predicted octanol–water partition coefficient (Wildman–Crippen LogP) is 1.46. The summed E-state index contributed by atoms with van der Waals surface area (Å²) in [6.45, 7) is 4.50. The van der Waals surface area contributed by atoms with Gasteiger partial charge in [0.15, 0.2) is 0 Å². The number of imide groups is 1. The number of carbonyl (C=O) groups is 3. The molecule has 1 unspecified atom stereocenters. The van der Waals surface area contributed by atoms with E-state index in [-0.39, 0.29) is 35.6 Å². The first kappa shape index (κ1) is 24.4. The van der Waals surface area contributed by atoms with Crippen molar-refractivity contribution in [3.05, 3.63) is 28.8 Å². The molecule has 3 N–H and O–H groups in total. The first-order valence-electron chi connectivity index (χ1n) is 10.5. The maximum atomic E-state index is 12.7. The minimum Gasteiger partial charge on any atom is -0.495 e. The molecule has 12 heteroatoms. The van der Waals surface area contributed by atoms with Crippen molar-refractivity contribution < 1.29 is 32.3 Å². The number of nitrogens with one attached hydrogen (secondary N) is 3. The Kier molecular flexibility index (Phi) is 7.15. The molecule has 11 nitrogen and oxygen atoms in total. The zero-order chi connectivity index (χ0) is 24.3. The van der Waals surface area contributed by atoms with Crippen LogP contribution >= 0.6 is 0 Å². The lowest BCUT2D eigenvalue weighted by Crippen LogP contribution is -2.43. The number of ether oxygens (including phenoxy) is 2. The van der Waals surface area contributed by atoms with Gasteiger partial charge in [0.2, 0.25) is 0 Å². The van der Waals surface area contributed by atoms with Crippen molar-refractivity contribution in [3.8, 4) is 11.5 Å². The summed E-state index contributed by atoms with van der Waals surface area (Å²) in [6.07, 6.45) is 1.08. The molecule has 1 atom stereocenters. The fourth-order valence-electron chi connectivity index (χ4n) is 3.95. The van der Waals surface area contributed by atoms with E-state index in [0.29, 0.717) is 36.3 Å². The Morgan fingerprint density at radius 2 is 2.03 bits per heavy atom. The smallest absolute Gasteiger partial charge is 0.328 e. The molecule has 0 fully saturated rings. The van der Waals surface area contributed by atoms with E-state index in [2.05, 4.69) is 10.6 Å². The molecule has 33 heavy (non-hydrogen) atoms. The normalized spacial score (nSPS) is 17.9. The molecule has 0 aliphatic carbocycles. The van der Waals surface area contributed by atoms with Crippen molar-refractivity contribution in [2.75, 3.05) is 33.9 Å². The van der Waals surface area contributed by atoms with Crippen molar-refractivity contribution in [2.24, 2.45) is 0 Å². The third-order valence-electron chi connectivity index (χ3n) is 5.72. The first-order chi connectivity index (χ1) is 15.6. The van der Waals surface area contributed by atoms with Gasteiger partial charge in [-0.15, -0.1) is 0 Å². The van der Waals surface area contributed by atoms with Gasteiger partial charge in [0.05, 0.1) is 20.3 Å². The number of hydrogen-bond donors (Lipinski definition) is 3. The van der Waals surface area contributed by atoms with Gasteiger partial charge in [0, 0.05) is 36.7 Å². The van der Waals surface area contributed by atoms with E-state index in [9.17, 15) is 22.8 Å². The first-order valence-corrected chi connectivity index (χ1v) is 12.0. The molecule has 0 bridgehead atoms. The number of nitrogens with zero attached hydrogens (tertiary/aromatic N) is 1. The maximum Gasteiger partial charge on any atom is 0.328 e. The van der Waals surface area contributed by atoms with E-state index in [1.165, 1.54) is 31.2 Å². The molecule has 0 aromatic heterocycles. The molecule has 2 heterocycles. The van der Waals surface area contributed by atoms with Crippen LogP contribution in [0.3, 0.4) is 0 Å². The van der Waals surface area contributed by atoms with Crippen LogP contribution in [-0.2, 0) is 14.8 Å². The number of benzene rings is 1. The molecular weight excluding hydrogens is 452 g/mol. The van der Waals surface area contributed by atoms with E-state index in [1.807, 2.05) is 18.6 Å². The molecule has 1 aromatic carbocycles. The van der Waals surface area contributed by atoms with Crippen molar-refractivity contribution in [1.29, 1.82) is 0 Å². The number of urea groups is 2. The Hall–Kier alpha value is -3.28. The molecule has 3 rings (SSSR count). The third kappa shape index (κ3) is 4.90. The van der Waals surface area contributed by atoms with Crippen LogP contribution in [0, 0.1) is 0 Å². The third-order valence-corrected chi connectivity index (χ3v) is 7.07. The second-order valence-corrected chi connectivity index (χ2v) is 9.40. The summed E-state index contributed by atoms with van der Waals surface area (Å²) in [7, 11) is -1.61. The molecule has 0 saturated carbocycles. The van der Waals surface area contributed by atoms with Gasteiger partial charge in [-0.25, -0.2) is 22.7 Å². The standard InChI is InChI=1S/C21H28N4O7S/c1-5-14-12(2)11-25(19(14)26)21(28)23-10-13-6-7-32-16-9-17(31-4)18(8-15(13)16)33(29,30)24-20(27)22-3/h8-9,13H,5-7,10-11H2,1-4H3,(H,23,28)(H2,22,24,27). The van der Waals surface area contributed by atoms with Crippen LogP contribution < -0.4 is 24.8 Å². The van der Waals surface area contributed by atoms with E-state index in [1.54, 1.807) is 0 Å². The minimum atomic E-state index is -4.23. The number of carbonyl (C=O) groups excluding carboxylic acids is 3. The summed E-state index contributed by atoms with van der Waals surface area (Å²) >= 11 is 0. The number of amides is 5. The molecule has 1 aromatic rings. The average Bonchev–Trinajstić information content (AvgIpc) is 3.08. The van der Waals surface area contributed by atoms with E-state index < -0.39 is 22.1 Å². The maximum absolute atomic E-state index is 12.7. The highest BCUT2D eigenvalue weighted by atomic mass is 32.2. The Labute approximate surface area is 192 Å². The highest BCUT2D eigenvalue weighted by molar-refractivity contribution is 7.90. The minimum absolute atomic E-state index is 0.0196. The average molecular weight is 481 g/mol. The van der Waals surface area contributed by atoms with Crippen LogP contribution in [0.2, 0.25) is 0 Å². The number of sulfonamides is 1. The fourth-order valence-corrected chi connectivity index (χ4v) is 5.10. The summed E-state index contributed by atoms with van der Waals surface area (Å²) < 4.78 is 38.2. The summed E-state index contributed by atoms with van der Waals surface area (Å²) in [5, 5.41) is 4.98. The number of fused-ring (bicyclic) bond motifs is 1. The molecule has 180 valence electrons. The summed E-state index contributed by atoms with van der Waals surface area (Å²) in [6, 6.07) is 1.45. The molecular formula is C21H28N4O7S. The summed E-state index contributed by atoms with van der Waals surface area (Å²) in [5.41, 5.74) is 2.07. The quantitative estimate of drug-likeness (QED) is 0.559. The summed E-state index contributed by atoms with van der Waals surface area (Å²) in [5.74, 6) is -0.112. The van der Waals surface area contributed by atoms with Crippen LogP contribution in [0.5, 0.6) is 11.5 Å². The van der Waals surface area contributed by atoms with Crippen molar-refractivity contribution in [1.82, 2.24) is 20.3 Å². The van der Waals surface area contributed by atoms with E-state index in [4.69, 9.17) is 9.47 Å². The Balaban J connectivity index is 1.82. The van der Waals surface area contributed by atoms with Gasteiger partial charge >= 0.3 is 12.1 Å². The lowest BCUT2D eigenvalue weighted by Gasteiger charge is -2.28. The Morgan fingerprint density at radius 3 is 2.64 bits per heavy atom. The monoisotopic (exact) mass is 480 g/mol. The summed E-state index contributed by atoms with van der Waals surface area (Å²) in [4.78, 5) is 37.7. The van der Waals surface area contributed by atoms with Crippen LogP contribution in [-0.4, -0.2) is 65.1 Å². The lowest BCUT2D eigenvalue weighted by molar-refractivity contribution is -0.123. The topological polar surface area (TPSA) is 143 Å². The van der Waals surface area contributed by atoms with Crippen LogP contribution in [0.1, 0.15) is 38.2 Å². The van der Waals surface area contributed by atoms with Gasteiger partial charge in [-0.3, -0.25) is 9.69 Å². The van der Waals surface area contributed by atoms with Crippen molar-refractivity contribution in [2.45, 2.75) is 37.5 Å². The molecule has 2 aliphatic rings. The second kappa shape index (κ2) is 9.69. The number of methoxy groups -OCH3 is 1. The fraction of sp³-hybridized carbons (Fsp3) is 0.476. The van der Waals surface area contributed by atoms with Gasteiger partial charge in [-0.1, -0.05) is 6.92 Å². The molecule has 0 radical (unpaired) electrons. The molecule has 2 aliphatic heterocycles. The highest BCUT2D eigenvalue weighted by Gasteiger charge is 2.33. The van der Waals surface area contributed by atoms with Gasteiger partial charge in [-0.2, -0.15) is 0 Å². The largest absolute Gasteiger partial charge is 0.495 e. The molecule has 0 spiro atoms. The SMILES string of the molecule is CCC1=C(C)CN(C(=O)NCC2CCOc3cc(OC)c(S(=O)(=O)NC(=O)NC)cc32)C1=O. The predicted molar refractivity (Wildman–Crippen MR) is 119 cm³/mol. The van der Waals surface area contributed by atoms with Crippen molar-refractivity contribution in [3.63, 3.8) is 0 Å². The second-order valence-electron chi connectivity index (χ2n) is 7.75. The van der Waals surface area contributed by atoms with Gasteiger partial charge < -0.3 is 20.1 Å². The van der Waals surface area contributed by atoms with Crippen LogP contribution in [0.15, 0.2) is 28.2 Å². The number of rotatable bonds is 6. The molecule has 5 amide bonds. The Morgan fingerprint density at radius 1 is 1.30 bits per heavy atom. The van der Waals surface area contributed by atoms with Crippen molar-refractivity contribution >= 4 is 28.0 Å². The van der Waals surface area contributed by atoms with Gasteiger partial charge in [0.1, 0.15) is 16.4 Å². The molecule has 0 saturated heterocycles. The van der Waals surface area contributed by atoms with E-state index in [0.717, 1.165) is 5.57 Å². The van der Waals surface area contributed by atoms with Gasteiger partial charge in [-0.05, 0) is 31.4 Å². The number of hydrogen-bond acceptors (Lipinski definition) is 7. The van der Waals surface area contributed by atoms with Gasteiger partial charge in [0.25, 0.3) is 15.9 Å². The zero-order valence-electron chi connectivity index (χ0n) is 19.0. The van der Waals surface area contributed by atoms with Crippen LogP contribution in [0.25, 0.3) is 0 Å². The Bertz CT molecular complexity index is 1110. The van der Waals surface area contributed by atoms with Crippen LogP contribution in [0.4, 0.5) is 9.59 Å².